The summed E-state index contributed by atoms with van der Waals surface area (Å²) in [6, 6.07) is 13.5. The number of fused-ring (bicyclic) bond motifs is 1. The van der Waals surface area contributed by atoms with E-state index < -0.39 is 6.61 Å². The van der Waals surface area contributed by atoms with Crippen molar-refractivity contribution >= 4 is 16.5 Å². The van der Waals surface area contributed by atoms with Crippen LogP contribution in [0.25, 0.3) is 21.9 Å². The topological polar surface area (TPSA) is 34.1 Å². The van der Waals surface area contributed by atoms with Crippen molar-refractivity contribution in [2.45, 2.75) is 25.5 Å². The zero-order valence-corrected chi connectivity index (χ0v) is 12.9. The van der Waals surface area contributed by atoms with Crippen molar-refractivity contribution in [3.63, 3.8) is 0 Å². The normalized spacial score (nSPS) is 14.1. The molecule has 1 aromatic heterocycles. The van der Waals surface area contributed by atoms with Crippen LogP contribution >= 0.6 is 0 Å². The maximum absolute atomic E-state index is 12.9. The lowest BCUT2D eigenvalue weighted by atomic mass is 10.0. The van der Waals surface area contributed by atoms with Crippen LogP contribution in [0, 0.1) is 0 Å². The summed E-state index contributed by atoms with van der Waals surface area (Å²) in [5.41, 5.74) is 2.11. The van der Waals surface area contributed by atoms with E-state index in [1.54, 1.807) is 24.5 Å². The number of hydrogen-bond donors (Lipinski definition) is 1. The largest absolute Gasteiger partial charge is 0.432 e. The number of ether oxygens (including phenoxy) is 1. The lowest BCUT2D eigenvalue weighted by Gasteiger charge is -2.17. The third-order valence-electron chi connectivity index (χ3n) is 4.11. The van der Waals surface area contributed by atoms with E-state index in [9.17, 15) is 8.78 Å². The molecule has 1 heterocycles. The van der Waals surface area contributed by atoms with Gasteiger partial charge < -0.3 is 10.1 Å². The number of pyridine rings is 1. The van der Waals surface area contributed by atoms with Gasteiger partial charge in [-0.15, -0.1) is 0 Å². The van der Waals surface area contributed by atoms with Crippen LogP contribution in [-0.4, -0.2) is 17.6 Å². The molecule has 4 rings (SSSR count). The summed E-state index contributed by atoms with van der Waals surface area (Å²) in [5, 5.41) is 5.28. The van der Waals surface area contributed by atoms with Gasteiger partial charge in [-0.3, -0.25) is 4.98 Å². The molecule has 0 atom stereocenters. The van der Waals surface area contributed by atoms with Crippen LogP contribution in [0.5, 0.6) is 5.75 Å². The van der Waals surface area contributed by atoms with Gasteiger partial charge in [0.05, 0.1) is 5.69 Å². The SMILES string of the molecule is FC(F)Oc1c(NC2CC2)cccc1-c1ccc2cnccc2c1. The first-order chi connectivity index (χ1) is 11.7. The van der Waals surface area contributed by atoms with Gasteiger partial charge in [-0.1, -0.05) is 24.3 Å². The van der Waals surface area contributed by atoms with Crippen molar-refractivity contribution < 1.29 is 13.5 Å². The highest BCUT2D eigenvalue weighted by Gasteiger charge is 2.24. The fourth-order valence-corrected chi connectivity index (χ4v) is 2.79. The molecule has 3 nitrogen and oxygen atoms in total. The zero-order valence-electron chi connectivity index (χ0n) is 12.9. The van der Waals surface area contributed by atoms with Crippen LogP contribution in [-0.2, 0) is 0 Å². The second-order valence-corrected chi connectivity index (χ2v) is 5.92. The van der Waals surface area contributed by atoms with E-state index >= 15 is 0 Å². The molecule has 0 spiro atoms. The first-order valence-corrected chi connectivity index (χ1v) is 7.89. The van der Waals surface area contributed by atoms with Gasteiger partial charge in [0.15, 0.2) is 5.75 Å². The monoisotopic (exact) mass is 326 g/mol. The molecular weight excluding hydrogens is 310 g/mol. The number of halogens is 2. The number of benzene rings is 2. The van der Waals surface area contributed by atoms with Gasteiger partial charge in [-0.2, -0.15) is 8.78 Å². The summed E-state index contributed by atoms with van der Waals surface area (Å²) in [4.78, 5) is 4.09. The van der Waals surface area contributed by atoms with Crippen molar-refractivity contribution in [3.8, 4) is 16.9 Å². The quantitative estimate of drug-likeness (QED) is 0.710. The molecule has 1 aliphatic rings. The second-order valence-electron chi connectivity index (χ2n) is 5.92. The van der Waals surface area contributed by atoms with Crippen LogP contribution in [0.3, 0.4) is 0 Å². The fourth-order valence-electron chi connectivity index (χ4n) is 2.79. The Labute approximate surface area is 138 Å². The molecule has 0 saturated heterocycles. The molecule has 0 unspecified atom stereocenters. The van der Waals surface area contributed by atoms with Gasteiger partial charge in [-0.05, 0) is 42.0 Å². The summed E-state index contributed by atoms with van der Waals surface area (Å²) < 4.78 is 30.8. The number of hydrogen-bond acceptors (Lipinski definition) is 3. The minimum atomic E-state index is -2.87. The first-order valence-electron chi connectivity index (χ1n) is 7.89. The maximum atomic E-state index is 12.9. The number of alkyl halides is 2. The van der Waals surface area contributed by atoms with Crippen LogP contribution in [0.4, 0.5) is 14.5 Å². The molecule has 0 radical (unpaired) electrons. The van der Waals surface area contributed by atoms with Gasteiger partial charge >= 0.3 is 6.61 Å². The predicted molar refractivity (Wildman–Crippen MR) is 90.5 cm³/mol. The molecule has 1 N–H and O–H groups in total. The molecule has 24 heavy (non-hydrogen) atoms. The van der Waals surface area contributed by atoms with E-state index in [0.717, 1.165) is 29.2 Å². The van der Waals surface area contributed by atoms with Crippen molar-refractivity contribution in [1.29, 1.82) is 0 Å². The molecule has 122 valence electrons. The Hall–Kier alpha value is -2.69. The highest BCUT2D eigenvalue weighted by atomic mass is 19.3. The summed E-state index contributed by atoms with van der Waals surface area (Å²) in [7, 11) is 0. The van der Waals surface area contributed by atoms with Crippen molar-refractivity contribution in [1.82, 2.24) is 4.98 Å². The zero-order chi connectivity index (χ0) is 16.5. The Morgan fingerprint density at radius 2 is 1.96 bits per heavy atom. The Kier molecular flexibility index (Phi) is 3.76. The molecule has 1 fully saturated rings. The minimum absolute atomic E-state index is 0.202. The van der Waals surface area contributed by atoms with Gasteiger partial charge in [0.2, 0.25) is 0 Å². The predicted octanol–water partition coefficient (Wildman–Crippen LogP) is 5.08. The first kappa shape index (κ1) is 14.9. The fraction of sp³-hybridized carbons (Fsp3) is 0.211. The van der Waals surface area contributed by atoms with E-state index in [4.69, 9.17) is 4.74 Å². The third kappa shape index (κ3) is 3.02. The number of aromatic nitrogens is 1. The molecule has 1 aliphatic carbocycles. The minimum Gasteiger partial charge on any atom is -0.432 e. The van der Waals surface area contributed by atoms with Gasteiger partial charge in [0.1, 0.15) is 0 Å². The Morgan fingerprint density at radius 1 is 1.08 bits per heavy atom. The van der Waals surface area contributed by atoms with E-state index in [1.165, 1.54) is 0 Å². The van der Waals surface area contributed by atoms with Gasteiger partial charge in [0, 0.05) is 29.4 Å². The Balaban J connectivity index is 1.82. The molecule has 0 bridgehead atoms. The lowest BCUT2D eigenvalue weighted by Crippen LogP contribution is -2.08. The summed E-state index contributed by atoms with van der Waals surface area (Å²) >= 11 is 0. The highest BCUT2D eigenvalue weighted by Crippen LogP contribution is 2.40. The second kappa shape index (κ2) is 6.07. The maximum Gasteiger partial charge on any atom is 0.387 e. The highest BCUT2D eigenvalue weighted by molar-refractivity contribution is 5.89. The lowest BCUT2D eigenvalue weighted by molar-refractivity contribution is -0.0489. The van der Waals surface area contributed by atoms with Gasteiger partial charge in [-0.25, -0.2) is 0 Å². The van der Waals surface area contributed by atoms with Crippen LogP contribution in [0.1, 0.15) is 12.8 Å². The van der Waals surface area contributed by atoms with Crippen LogP contribution < -0.4 is 10.1 Å². The van der Waals surface area contributed by atoms with E-state index in [2.05, 4.69) is 10.3 Å². The Bertz CT molecular complexity index is 878. The molecule has 0 amide bonds. The number of rotatable bonds is 5. The Morgan fingerprint density at radius 3 is 2.75 bits per heavy atom. The van der Waals surface area contributed by atoms with Crippen molar-refractivity contribution in [2.75, 3.05) is 5.32 Å². The molecule has 2 aromatic carbocycles. The summed E-state index contributed by atoms with van der Waals surface area (Å²) in [5.74, 6) is 0.202. The molecule has 0 aliphatic heterocycles. The van der Waals surface area contributed by atoms with E-state index in [0.29, 0.717) is 17.3 Å². The van der Waals surface area contributed by atoms with Crippen molar-refractivity contribution in [3.05, 3.63) is 54.9 Å². The average Bonchev–Trinajstić information content (AvgIpc) is 3.39. The van der Waals surface area contributed by atoms with Crippen LogP contribution in [0.15, 0.2) is 54.9 Å². The van der Waals surface area contributed by atoms with Gasteiger partial charge in [0.25, 0.3) is 0 Å². The van der Waals surface area contributed by atoms with E-state index in [1.807, 2.05) is 30.3 Å². The third-order valence-corrected chi connectivity index (χ3v) is 4.11. The molecule has 1 saturated carbocycles. The number of para-hydroxylation sites is 1. The number of anilines is 1. The molecule has 5 heteroatoms. The standard InChI is InChI=1S/C19H16F2N2O/c20-19(21)24-18-16(2-1-3-17(18)23-15-6-7-15)13-4-5-14-11-22-9-8-12(14)10-13/h1-5,8-11,15,19,23H,6-7H2. The number of nitrogens with zero attached hydrogens (tertiary/aromatic N) is 1. The van der Waals surface area contributed by atoms with E-state index in [-0.39, 0.29) is 5.75 Å². The van der Waals surface area contributed by atoms with Crippen LogP contribution in [0.2, 0.25) is 0 Å². The van der Waals surface area contributed by atoms with Crippen molar-refractivity contribution in [2.24, 2.45) is 0 Å². The smallest absolute Gasteiger partial charge is 0.387 e. The summed E-state index contributed by atoms with van der Waals surface area (Å²) in [6.45, 7) is -2.87. The average molecular weight is 326 g/mol. The number of nitrogens with one attached hydrogen (secondary N) is 1. The molecular formula is C19H16F2N2O. The summed E-state index contributed by atoms with van der Waals surface area (Å²) in [6.07, 6.45) is 5.61. The molecule has 3 aromatic rings.